The zero-order chi connectivity index (χ0) is 29.5. The third-order valence-corrected chi connectivity index (χ3v) is 7.11. The number of nitrogens with one attached hydrogen (secondary N) is 3. The molecule has 10 heteroatoms. The normalized spacial score (nSPS) is 13.9. The van der Waals surface area contributed by atoms with Gasteiger partial charge in [-0.1, -0.05) is 51.1 Å². The molecule has 1 aliphatic rings. The number of aromatic nitrogens is 2. The lowest BCUT2D eigenvalue weighted by Crippen LogP contribution is -2.39. The van der Waals surface area contributed by atoms with Gasteiger partial charge in [-0.3, -0.25) is 4.90 Å². The van der Waals surface area contributed by atoms with Crippen molar-refractivity contribution in [2.75, 3.05) is 62.5 Å². The van der Waals surface area contributed by atoms with E-state index in [9.17, 15) is 4.79 Å². The summed E-state index contributed by atoms with van der Waals surface area (Å²) in [6.45, 7) is 11.4. The van der Waals surface area contributed by atoms with E-state index in [2.05, 4.69) is 51.6 Å². The Morgan fingerprint density at radius 3 is 2.45 bits per heavy atom. The molecule has 5 rings (SSSR count). The molecule has 4 aromatic rings. The zero-order valence-electron chi connectivity index (χ0n) is 24.6. The molecule has 0 saturated carbocycles. The van der Waals surface area contributed by atoms with Crippen molar-refractivity contribution in [1.82, 2.24) is 14.9 Å². The number of morpholine rings is 1. The second kappa shape index (κ2) is 13.1. The molecule has 0 radical (unpaired) electrons. The lowest BCUT2D eigenvalue weighted by Gasteiger charge is -2.26. The van der Waals surface area contributed by atoms with Crippen LogP contribution in [-0.2, 0) is 10.2 Å². The molecule has 0 spiro atoms. The highest BCUT2D eigenvalue weighted by atomic mass is 16.5. The van der Waals surface area contributed by atoms with Crippen molar-refractivity contribution in [2.45, 2.75) is 26.2 Å². The molecular weight excluding hydrogens is 532 g/mol. The summed E-state index contributed by atoms with van der Waals surface area (Å²) in [4.78, 5) is 24.3. The number of rotatable bonds is 9. The lowest BCUT2D eigenvalue weighted by molar-refractivity contribution is 0.0398. The van der Waals surface area contributed by atoms with Crippen LogP contribution in [-0.4, -0.2) is 67.4 Å². The number of carbonyl (C=O) groups is 1. The topological polar surface area (TPSA) is 110 Å². The monoisotopic (exact) mass is 570 g/mol. The second-order valence-corrected chi connectivity index (χ2v) is 11.1. The third kappa shape index (κ3) is 7.26. The number of amides is 2. The summed E-state index contributed by atoms with van der Waals surface area (Å²) in [5, 5.41) is 10.9. The first-order valence-corrected chi connectivity index (χ1v) is 14.1. The molecule has 42 heavy (non-hydrogen) atoms. The van der Waals surface area contributed by atoms with E-state index in [0.717, 1.165) is 55.7 Å². The maximum absolute atomic E-state index is 13.1. The Morgan fingerprint density at radius 1 is 0.952 bits per heavy atom. The zero-order valence-corrected chi connectivity index (χ0v) is 24.6. The van der Waals surface area contributed by atoms with Crippen LogP contribution >= 0.6 is 0 Å². The van der Waals surface area contributed by atoms with E-state index in [-0.39, 0.29) is 11.4 Å². The van der Waals surface area contributed by atoms with Crippen LogP contribution in [0.25, 0.3) is 10.8 Å². The van der Waals surface area contributed by atoms with Crippen LogP contribution in [0.4, 0.5) is 22.1 Å². The minimum atomic E-state index is -0.373. The Labute approximate surface area is 246 Å². The van der Waals surface area contributed by atoms with Crippen molar-refractivity contribution in [1.29, 1.82) is 0 Å². The molecule has 3 aromatic carbocycles. The van der Waals surface area contributed by atoms with E-state index in [1.807, 2.05) is 54.6 Å². The summed E-state index contributed by atoms with van der Waals surface area (Å²) in [5.41, 5.74) is 2.26. The van der Waals surface area contributed by atoms with E-state index in [0.29, 0.717) is 34.7 Å². The molecule has 2 amide bonds. The van der Waals surface area contributed by atoms with Crippen LogP contribution in [0.2, 0.25) is 0 Å². The summed E-state index contributed by atoms with van der Waals surface area (Å²) < 4.78 is 17.1. The van der Waals surface area contributed by atoms with Crippen molar-refractivity contribution in [3.63, 3.8) is 0 Å². The fraction of sp³-hybridized carbons (Fsp3) is 0.344. The van der Waals surface area contributed by atoms with Gasteiger partial charge in [-0.05, 0) is 35.2 Å². The van der Waals surface area contributed by atoms with E-state index in [1.54, 1.807) is 19.4 Å². The van der Waals surface area contributed by atoms with Crippen LogP contribution in [0, 0.1) is 0 Å². The predicted octanol–water partition coefficient (Wildman–Crippen LogP) is 6.12. The summed E-state index contributed by atoms with van der Waals surface area (Å²) in [6, 6.07) is 18.6. The molecule has 1 aromatic heterocycles. The van der Waals surface area contributed by atoms with Crippen molar-refractivity contribution < 1.29 is 19.0 Å². The van der Waals surface area contributed by atoms with Gasteiger partial charge in [-0.25, -0.2) is 9.78 Å². The van der Waals surface area contributed by atoms with E-state index in [4.69, 9.17) is 14.2 Å². The van der Waals surface area contributed by atoms with Crippen LogP contribution in [0.3, 0.4) is 0 Å². The molecule has 2 heterocycles. The first-order valence-electron chi connectivity index (χ1n) is 14.1. The number of hydrogen-bond acceptors (Lipinski definition) is 8. The first-order chi connectivity index (χ1) is 20.3. The first kappa shape index (κ1) is 29.1. The fourth-order valence-corrected chi connectivity index (χ4v) is 4.76. The van der Waals surface area contributed by atoms with Gasteiger partial charge in [0.15, 0.2) is 0 Å². The van der Waals surface area contributed by atoms with Gasteiger partial charge in [0.25, 0.3) is 0 Å². The number of urea groups is 1. The molecule has 1 saturated heterocycles. The van der Waals surface area contributed by atoms with Crippen molar-refractivity contribution in [3.8, 4) is 17.4 Å². The number of benzene rings is 3. The molecule has 0 atom stereocenters. The van der Waals surface area contributed by atoms with Crippen molar-refractivity contribution >= 4 is 34.1 Å². The smallest absolute Gasteiger partial charge is 0.323 e. The van der Waals surface area contributed by atoms with Gasteiger partial charge >= 0.3 is 6.03 Å². The van der Waals surface area contributed by atoms with Gasteiger partial charge in [-0.2, -0.15) is 4.98 Å². The highest BCUT2D eigenvalue weighted by Crippen LogP contribution is 2.35. The molecule has 0 bridgehead atoms. The Morgan fingerprint density at radius 2 is 1.69 bits per heavy atom. The van der Waals surface area contributed by atoms with E-state index >= 15 is 0 Å². The molecule has 0 unspecified atom stereocenters. The number of ether oxygens (including phenoxy) is 3. The summed E-state index contributed by atoms with van der Waals surface area (Å²) in [7, 11) is 1.59. The van der Waals surface area contributed by atoms with Crippen LogP contribution in [0.15, 0.2) is 66.9 Å². The third-order valence-electron chi connectivity index (χ3n) is 7.11. The minimum Gasteiger partial charge on any atom is -0.495 e. The molecule has 10 nitrogen and oxygen atoms in total. The van der Waals surface area contributed by atoms with Crippen molar-refractivity contribution in [2.24, 2.45) is 0 Å². The Balaban J connectivity index is 1.28. The van der Waals surface area contributed by atoms with Gasteiger partial charge in [0, 0.05) is 49.2 Å². The quantitative estimate of drug-likeness (QED) is 0.221. The lowest BCUT2D eigenvalue weighted by atomic mass is 9.87. The van der Waals surface area contributed by atoms with E-state index < -0.39 is 0 Å². The standard InChI is InChI=1S/C32H38N6O4/c1-32(2,3)22-9-11-28(40-4)26(21-22)36-31(39)35-25-10-12-27(24-8-6-5-7-23(24)25)42-29-13-14-33-30(37-29)34-15-16-38-17-19-41-20-18-38/h5-14,21H,15-20H2,1-4H3,(H,33,34,37)(H2,35,36,39). The average molecular weight is 571 g/mol. The summed E-state index contributed by atoms with van der Waals surface area (Å²) in [6.07, 6.45) is 1.67. The molecular formula is C32H38N6O4. The molecule has 0 aliphatic carbocycles. The number of hydrogen-bond donors (Lipinski definition) is 3. The second-order valence-electron chi connectivity index (χ2n) is 11.1. The SMILES string of the molecule is COc1ccc(C(C)(C)C)cc1NC(=O)Nc1ccc(Oc2ccnc(NCCN3CCOCC3)n2)c2ccccc12. The summed E-state index contributed by atoms with van der Waals surface area (Å²) in [5.74, 6) is 2.14. The molecule has 1 fully saturated rings. The van der Waals surface area contributed by atoms with Gasteiger partial charge in [0.05, 0.1) is 31.7 Å². The van der Waals surface area contributed by atoms with Gasteiger partial charge in [0.2, 0.25) is 11.8 Å². The number of anilines is 3. The van der Waals surface area contributed by atoms with Crippen LogP contribution in [0.1, 0.15) is 26.3 Å². The Bertz CT molecular complexity index is 1530. The molecule has 1 aliphatic heterocycles. The minimum absolute atomic E-state index is 0.0748. The fourth-order valence-electron chi connectivity index (χ4n) is 4.76. The number of methoxy groups -OCH3 is 1. The summed E-state index contributed by atoms with van der Waals surface area (Å²) >= 11 is 0. The predicted molar refractivity (Wildman–Crippen MR) is 166 cm³/mol. The number of fused-ring (bicyclic) bond motifs is 1. The Hall–Kier alpha value is -4.41. The largest absolute Gasteiger partial charge is 0.495 e. The average Bonchev–Trinajstić information content (AvgIpc) is 2.99. The van der Waals surface area contributed by atoms with Gasteiger partial charge in [0.1, 0.15) is 11.5 Å². The Kier molecular flexibility index (Phi) is 9.04. The van der Waals surface area contributed by atoms with Gasteiger partial charge in [-0.15, -0.1) is 0 Å². The highest BCUT2D eigenvalue weighted by Gasteiger charge is 2.18. The number of carbonyl (C=O) groups excluding carboxylic acids is 1. The van der Waals surface area contributed by atoms with Crippen LogP contribution in [0.5, 0.6) is 17.4 Å². The number of nitrogens with zero attached hydrogens (tertiary/aromatic N) is 3. The van der Waals surface area contributed by atoms with Crippen LogP contribution < -0.4 is 25.4 Å². The maximum atomic E-state index is 13.1. The van der Waals surface area contributed by atoms with Gasteiger partial charge < -0.3 is 30.2 Å². The highest BCUT2D eigenvalue weighted by molar-refractivity contribution is 6.08. The maximum Gasteiger partial charge on any atom is 0.323 e. The van der Waals surface area contributed by atoms with E-state index in [1.165, 1.54) is 0 Å². The van der Waals surface area contributed by atoms with Crippen molar-refractivity contribution in [3.05, 3.63) is 72.4 Å². The molecule has 3 N–H and O–H groups in total. The molecule has 220 valence electrons.